The van der Waals surface area contributed by atoms with E-state index >= 15 is 0 Å². The maximum absolute atomic E-state index is 12.2. The molecule has 0 amide bonds. The summed E-state index contributed by atoms with van der Waals surface area (Å²) in [6.45, 7) is 4.40. The number of carbonyl (C=O) groups is 1. The van der Waals surface area contributed by atoms with Crippen molar-refractivity contribution in [2.24, 2.45) is 0 Å². The largest absolute Gasteiger partial charge is 0.614 e. The molecule has 0 radical (unpaired) electrons. The minimum atomic E-state index is -2.52. The molecule has 11 nitrogen and oxygen atoms in total. The highest BCUT2D eigenvalue weighted by Gasteiger charge is 2.56. The monoisotopic (exact) mass is 516 g/mol. The number of hydrogen-bond acceptors (Lipinski definition) is 8. The molecule has 5 atom stereocenters. The number of aromatic nitrogens is 2. The van der Waals surface area contributed by atoms with E-state index in [1.165, 1.54) is 20.0 Å². The standard InChI is InChI=1S/C15H20BrClN3O8P/c1-4-26-12(23)14(2,3)19-29(25)27-7-8-10(22)15(16,17)11(28-8)20-6-5-9(21)18-13(20)24/h5-6,8,10-11,22H,4,7H2,1-3H3,(H-,18,19,21,24,25)/p+1/t8-,10-,11-,15+/m1/s1. The van der Waals surface area contributed by atoms with Gasteiger partial charge in [-0.2, -0.15) is 0 Å². The normalized spacial score (nSPS) is 27.7. The first-order valence-corrected chi connectivity index (χ1v) is 10.8. The van der Waals surface area contributed by atoms with Gasteiger partial charge in [-0.25, -0.2) is 9.59 Å². The van der Waals surface area contributed by atoms with Crippen LogP contribution in [0.4, 0.5) is 0 Å². The molecule has 0 saturated carbocycles. The van der Waals surface area contributed by atoms with E-state index in [0.717, 1.165) is 10.6 Å². The topological polar surface area (TPSA) is 149 Å². The molecule has 0 bridgehead atoms. The van der Waals surface area contributed by atoms with Gasteiger partial charge < -0.3 is 14.6 Å². The molecular weight excluding hydrogens is 497 g/mol. The maximum atomic E-state index is 12.2. The van der Waals surface area contributed by atoms with Crippen molar-refractivity contribution in [2.45, 2.75) is 48.5 Å². The summed E-state index contributed by atoms with van der Waals surface area (Å²) in [5, 5.41) is 12.9. The van der Waals surface area contributed by atoms with E-state index in [4.69, 9.17) is 25.6 Å². The Bertz CT molecular complexity index is 889. The van der Waals surface area contributed by atoms with Crippen LogP contribution in [-0.4, -0.2) is 55.4 Å². The van der Waals surface area contributed by atoms with Crippen LogP contribution in [0, 0.1) is 0 Å². The van der Waals surface area contributed by atoms with Gasteiger partial charge in [0.25, 0.3) is 5.56 Å². The number of halogens is 2. The zero-order chi connectivity index (χ0) is 22.0. The molecule has 14 heteroatoms. The summed E-state index contributed by atoms with van der Waals surface area (Å²) in [5.74, 6) is -0.609. The highest BCUT2D eigenvalue weighted by atomic mass is 79.9. The van der Waals surface area contributed by atoms with E-state index in [0.29, 0.717) is 0 Å². The average Bonchev–Trinajstić information content (AvgIpc) is 2.83. The number of alkyl halides is 2. The van der Waals surface area contributed by atoms with Crippen molar-refractivity contribution < 1.29 is 28.5 Å². The van der Waals surface area contributed by atoms with Crippen LogP contribution in [0.5, 0.6) is 0 Å². The highest BCUT2D eigenvalue weighted by Crippen LogP contribution is 2.47. The molecule has 29 heavy (non-hydrogen) atoms. The van der Waals surface area contributed by atoms with Gasteiger partial charge in [0, 0.05) is 12.3 Å². The van der Waals surface area contributed by atoms with Gasteiger partial charge in [-0.3, -0.25) is 14.3 Å². The molecule has 0 aliphatic carbocycles. The van der Waals surface area contributed by atoms with Crippen LogP contribution in [0.1, 0.15) is 27.0 Å². The fourth-order valence-electron chi connectivity index (χ4n) is 2.48. The second kappa shape index (κ2) is 9.34. The van der Waals surface area contributed by atoms with Crippen LogP contribution < -0.4 is 16.3 Å². The Kier molecular flexibility index (Phi) is 7.77. The predicted molar refractivity (Wildman–Crippen MR) is 106 cm³/mol. The number of aromatic amines is 1. The van der Waals surface area contributed by atoms with Gasteiger partial charge in [-0.15, -0.1) is 4.52 Å². The highest BCUT2D eigenvalue weighted by molar-refractivity contribution is 9.10. The third-order valence-corrected chi connectivity index (χ3v) is 6.39. The van der Waals surface area contributed by atoms with Crippen LogP contribution in [0.15, 0.2) is 21.9 Å². The third kappa shape index (κ3) is 5.52. The van der Waals surface area contributed by atoms with Crippen LogP contribution in [0.2, 0.25) is 0 Å². The molecule has 1 aromatic heterocycles. The Morgan fingerprint density at radius 2 is 2.21 bits per heavy atom. The molecule has 1 saturated heterocycles. The van der Waals surface area contributed by atoms with Crippen LogP contribution in [-0.2, 0) is 23.4 Å². The number of nitrogens with zero attached hydrogens (tertiary/aromatic N) is 1. The summed E-state index contributed by atoms with van der Waals surface area (Å²) in [7, 11) is -2.52. The van der Waals surface area contributed by atoms with Crippen LogP contribution in [0.25, 0.3) is 0 Å². The third-order valence-electron chi connectivity index (χ3n) is 4.00. The number of nitrogens with one attached hydrogen (secondary N) is 2. The van der Waals surface area contributed by atoms with Crippen molar-refractivity contribution in [3.05, 3.63) is 33.1 Å². The van der Waals surface area contributed by atoms with E-state index in [2.05, 4.69) is 26.0 Å². The number of rotatable bonds is 8. The Hall–Kier alpha value is -1.14. The first kappa shape index (κ1) is 24.1. The van der Waals surface area contributed by atoms with E-state index in [9.17, 15) is 24.1 Å². The Morgan fingerprint density at radius 3 is 2.79 bits per heavy atom. The first-order chi connectivity index (χ1) is 13.4. The van der Waals surface area contributed by atoms with Gasteiger partial charge in [0.15, 0.2) is 15.6 Å². The number of hydrogen-bond donors (Lipinski definition) is 3. The quantitative estimate of drug-likeness (QED) is 0.258. The minimum Gasteiger partial charge on any atom is -0.465 e. The molecule has 1 unspecified atom stereocenters. The van der Waals surface area contributed by atoms with Gasteiger partial charge in [0.1, 0.15) is 18.8 Å². The summed E-state index contributed by atoms with van der Waals surface area (Å²) >= 11 is 9.44. The number of H-pyrrole nitrogens is 1. The minimum absolute atomic E-state index is 0.165. The number of esters is 1. The van der Waals surface area contributed by atoms with Crippen LogP contribution >= 0.6 is 35.7 Å². The van der Waals surface area contributed by atoms with Crippen molar-refractivity contribution >= 4 is 41.7 Å². The molecule has 1 aromatic rings. The summed E-state index contributed by atoms with van der Waals surface area (Å²) < 4.78 is 27.2. The lowest BCUT2D eigenvalue weighted by atomic mass is 10.1. The molecule has 2 rings (SSSR count). The molecule has 1 aliphatic heterocycles. The van der Waals surface area contributed by atoms with Crippen molar-refractivity contribution in [2.75, 3.05) is 13.2 Å². The van der Waals surface area contributed by atoms with E-state index < -0.39 is 53.2 Å². The lowest BCUT2D eigenvalue weighted by Crippen LogP contribution is -2.44. The van der Waals surface area contributed by atoms with Crippen molar-refractivity contribution in [3.8, 4) is 0 Å². The fourth-order valence-corrected chi connectivity index (χ4v) is 4.29. The second-order valence-electron chi connectivity index (χ2n) is 6.67. The smallest absolute Gasteiger partial charge is 0.465 e. The Labute approximate surface area is 179 Å². The van der Waals surface area contributed by atoms with Gasteiger partial charge in [0.05, 0.1) is 6.61 Å². The zero-order valence-electron chi connectivity index (χ0n) is 15.8. The number of ether oxygens (including phenoxy) is 2. The number of aliphatic hydroxyl groups excluding tert-OH is 1. The molecule has 3 N–H and O–H groups in total. The Balaban J connectivity index is 2.05. The Morgan fingerprint density at radius 1 is 1.55 bits per heavy atom. The zero-order valence-corrected chi connectivity index (χ0v) is 19.0. The van der Waals surface area contributed by atoms with Crippen LogP contribution in [0.3, 0.4) is 0 Å². The average molecular weight is 518 g/mol. The SMILES string of the molecule is CCOC(=O)C(C)(C)N[P+](=O)OC[C@H]1O[C@@H](n2ccc(=O)[nH]c2=O)[C@](Cl)(Br)[C@@H]1O. The van der Waals surface area contributed by atoms with E-state index in [1.54, 1.807) is 6.92 Å². The fraction of sp³-hybridized carbons (Fsp3) is 0.667. The van der Waals surface area contributed by atoms with Crippen molar-refractivity contribution in [3.63, 3.8) is 0 Å². The lowest BCUT2D eigenvalue weighted by Gasteiger charge is -2.24. The molecule has 2 heterocycles. The molecule has 1 fully saturated rings. The van der Waals surface area contributed by atoms with Gasteiger partial charge in [-0.05, 0) is 25.3 Å². The lowest BCUT2D eigenvalue weighted by molar-refractivity contribution is -0.149. The van der Waals surface area contributed by atoms with Gasteiger partial charge in [-0.1, -0.05) is 32.6 Å². The van der Waals surface area contributed by atoms with Crippen molar-refractivity contribution in [1.82, 2.24) is 14.6 Å². The van der Waals surface area contributed by atoms with E-state index in [1.807, 2.05) is 0 Å². The molecular formula is C15H21BrClN3O8P+. The summed E-state index contributed by atoms with van der Waals surface area (Å²) in [4.78, 5) is 37.1. The number of aliphatic hydroxyl groups is 1. The molecule has 0 aromatic carbocycles. The van der Waals surface area contributed by atoms with E-state index in [-0.39, 0.29) is 13.2 Å². The van der Waals surface area contributed by atoms with Gasteiger partial charge >= 0.3 is 19.8 Å². The summed E-state index contributed by atoms with van der Waals surface area (Å²) in [6.07, 6.45) is -2.46. The molecule has 1 aliphatic rings. The predicted octanol–water partition coefficient (Wildman–Crippen LogP) is 0.730. The maximum Gasteiger partial charge on any atom is 0.614 e. The molecule has 0 spiro atoms. The van der Waals surface area contributed by atoms with Crippen molar-refractivity contribution in [1.29, 1.82) is 0 Å². The molecule has 162 valence electrons. The summed E-state index contributed by atoms with van der Waals surface area (Å²) in [6, 6.07) is 1.10. The van der Waals surface area contributed by atoms with Gasteiger partial charge in [0.2, 0.25) is 0 Å². The first-order valence-electron chi connectivity index (χ1n) is 8.48. The number of carbonyl (C=O) groups excluding carboxylic acids is 1. The summed E-state index contributed by atoms with van der Waals surface area (Å²) in [5.41, 5.74) is -2.66. The second-order valence-corrected chi connectivity index (χ2v) is 10.1.